The third-order valence-electron chi connectivity index (χ3n) is 3.89. The van der Waals surface area contributed by atoms with Crippen LogP contribution in [-0.4, -0.2) is 25.0 Å². The monoisotopic (exact) mass is 226 g/mol. The highest BCUT2D eigenvalue weighted by molar-refractivity contribution is 5.78. The van der Waals surface area contributed by atoms with E-state index in [1.807, 2.05) is 0 Å². The first kappa shape index (κ1) is 13.5. The van der Waals surface area contributed by atoms with Crippen LogP contribution in [0.25, 0.3) is 0 Å². The van der Waals surface area contributed by atoms with Crippen LogP contribution in [0.3, 0.4) is 0 Å². The maximum absolute atomic E-state index is 11.6. The fourth-order valence-corrected chi connectivity index (χ4v) is 1.17. The fraction of sp³-hybridized carbons (Fsp3) is 0.923. The lowest BCUT2D eigenvalue weighted by Crippen LogP contribution is -2.44. The standard InChI is InChI=1S/C13H26N2O/c1-12(2,3)13(4,5)9-15-11(16)8-14-10-6-7-10/h10,14H,6-9H2,1-5H3,(H,15,16). The highest BCUT2D eigenvalue weighted by atomic mass is 16.1. The van der Waals surface area contributed by atoms with Crippen LogP contribution in [0, 0.1) is 10.8 Å². The molecule has 2 N–H and O–H groups in total. The van der Waals surface area contributed by atoms with E-state index >= 15 is 0 Å². The fourth-order valence-electron chi connectivity index (χ4n) is 1.17. The van der Waals surface area contributed by atoms with Crippen molar-refractivity contribution >= 4 is 5.91 Å². The van der Waals surface area contributed by atoms with Gasteiger partial charge in [0.15, 0.2) is 0 Å². The van der Waals surface area contributed by atoms with Gasteiger partial charge in [-0.3, -0.25) is 4.79 Å². The molecule has 0 radical (unpaired) electrons. The molecule has 0 aromatic heterocycles. The Hall–Kier alpha value is -0.570. The summed E-state index contributed by atoms with van der Waals surface area (Å²) in [7, 11) is 0. The SMILES string of the molecule is CC(C)(C)C(C)(C)CNC(=O)CNC1CC1. The number of nitrogens with one attached hydrogen (secondary N) is 2. The molecule has 1 fully saturated rings. The van der Waals surface area contributed by atoms with Gasteiger partial charge in [-0.05, 0) is 23.7 Å². The smallest absolute Gasteiger partial charge is 0.233 e. The molecule has 1 aliphatic carbocycles. The number of hydrogen-bond donors (Lipinski definition) is 2. The van der Waals surface area contributed by atoms with E-state index in [0.717, 1.165) is 6.54 Å². The molecular formula is C13H26N2O. The van der Waals surface area contributed by atoms with Crippen LogP contribution >= 0.6 is 0 Å². The molecule has 0 aliphatic heterocycles. The second kappa shape index (κ2) is 4.74. The second-order valence-electron chi connectivity index (χ2n) is 6.57. The molecule has 1 rings (SSSR count). The zero-order valence-corrected chi connectivity index (χ0v) is 11.3. The second-order valence-corrected chi connectivity index (χ2v) is 6.57. The molecule has 1 saturated carbocycles. The van der Waals surface area contributed by atoms with E-state index in [9.17, 15) is 4.79 Å². The zero-order valence-electron chi connectivity index (χ0n) is 11.3. The van der Waals surface area contributed by atoms with Crippen LogP contribution in [0.4, 0.5) is 0 Å². The van der Waals surface area contributed by atoms with E-state index < -0.39 is 0 Å². The third-order valence-corrected chi connectivity index (χ3v) is 3.89. The summed E-state index contributed by atoms with van der Waals surface area (Å²) in [4.78, 5) is 11.6. The van der Waals surface area contributed by atoms with E-state index in [-0.39, 0.29) is 16.7 Å². The van der Waals surface area contributed by atoms with Gasteiger partial charge in [0.2, 0.25) is 5.91 Å². The first-order chi connectivity index (χ1) is 7.22. The van der Waals surface area contributed by atoms with Crippen molar-refractivity contribution < 1.29 is 4.79 Å². The molecule has 16 heavy (non-hydrogen) atoms. The average molecular weight is 226 g/mol. The lowest BCUT2D eigenvalue weighted by atomic mass is 9.69. The summed E-state index contributed by atoms with van der Waals surface area (Å²) >= 11 is 0. The molecule has 0 heterocycles. The van der Waals surface area contributed by atoms with Crippen molar-refractivity contribution in [3.05, 3.63) is 0 Å². The largest absolute Gasteiger partial charge is 0.354 e. The predicted molar refractivity (Wildman–Crippen MR) is 67.3 cm³/mol. The molecule has 3 heteroatoms. The first-order valence-electron chi connectivity index (χ1n) is 6.22. The molecule has 1 aliphatic rings. The minimum absolute atomic E-state index is 0.113. The maximum Gasteiger partial charge on any atom is 0.233 e. The van der Waals surface area contributed by atoms with Gasteiger partial charge in [-0.15, -0.1) is 0 Å². The topological polar surface area (TPSA) is 41.1 Å². The summed E-state index contributed by atoms with van der Waals surface area (Å²) in [6, 6.07) is 0.598. The Morgan fingerprint density at radius 3 is 2.19 bits per heavy atom. The summed E-state index contributed by atoms with van der Waals surface area (Å²) in [5.74, 6) is 0.115. The van der Waals surface area contributed by atoms with E-state index in [1.165, 1.54) is 12.8 Å². The molecule has 3 nitrogen and oxygen atoms in total. The van der Waals surface area contributed by atoms with Crippen molar-refractivity contribution in [1.82, 2.24) is 10.6 Å². The van der Waals surface area contributed by atoms with Gasteiger partial charge in [0.1, 0.15) is 0 Å². The summed E-state index contributed by atoms with van der Waals surface area (Å²) in [5.41, 5.74) is 0.312. The molecule has 0 unspecified atom stereocenters. The van der Waals surface area contributed by atoms with Crippen LogP contribution in [-0.2, 0) is 4.79 Å². The molecule has 94 valence electrons. The van der Waals surface area contributed by atoms with Crippen molar-refractivity contribution in [3.8, 4) is 0 Å². The molecule has 0 atom stereocenters. The van der Waals surface area contributed by atoms with Gasteiger partial charge in [-0.25, -0.2) is 0 Å². The highest BCUT2D eigenvalue weighted by Gasteiger charge is 2.32. The minimum Gasteiger partial charge on any atom is -0.354 e. The van der Waals surface area contributed by atoms with E-state index in [2.05, 4.69) is 45.3 Å². The Kier molecular flexibility index (Phi) is 4.00. The van der Waals surface area contributed by atoms with Crippen LogP contribution < -0.4 is 10.6 Å². The van der Waals surface area contributed by atoms with Gasteiger partial charge in [0.05, 0.1) is 6.54 Å². The van der Waals surface area contributed by atoms with Gasteiger partial charge in [0, 0.05) is 12.6 Å². The molecular weight excluding hydrogens is 200 g/mol. The number of rotatable bonds is 5. The van der Waals surface area contributed by atoms with Crippen LogP contribution in [0.1, 0.15) is 47.5 Å². The van der Waals surface area contributed by atoms with E-state index in [0.29, 0.717) is 12.6 Å². The minimum atomic E-state index is 0.113. The van der Waals surface area contributed by atoms with Crippen molar-refractivity contribution in [2.75, 3.05) is 13.1 Å². The summed E-state index contributed by atoms with van der Waals surface area (Å²) in [6.45, 7) is 12.2. The van der Waals surface area contributed by atoms with Crippen molar-refractivity contribution in [2.45, 2.75) is 53.5 Å². The molecule has 1 amide bonds. The average Bonchev–Trinajstić information content (AvgIpc) is 2.93. The van der Waals surface area contributed by atoms with E-state index in [1.54, 1.807) is 0 Å². The number of hydrogen-bond acceptors (Lipinski definition) is 2. The Morgan fingerprint density at radius 1 is 1.19 bits per heavy atom. The quantitative estimate of drug-likeness (QED) is 0.752. The lowest BCUT2D eigenvalue weighted by molar-refractivity contribution is -0.121. The maximum atomic E-state index is 11.6. The highest BCUT2D eigenvalue weighted by Crippen LogP contribution is 2.36. The number of carbonyl (C=O) groups excluding carboxylic acids is 1. The van der Waals surface area contributed by atoms with Crippen molar-refractivity contribution in [1.29, 1.82) is 0 Å². The first-order valence-corrected chi connectivity index (χ1v) is 6.22. The Morgan fingerprint density at radius 2 is 1.75 bits per heavy atom. The van der Waals surface area contributed by atoms with Gasteiger partial charge in [-0.1, -0.05) is 34.6 Å². The Bertz CT molecular complexity index is 249. The number of amides is 1. The van der Waals surface area contributed by atoms with Gasteiger partial charge in [0.25, 0.3) is 0 Å². The molecule has 0 aromatic rings. The van der Waals surface area contributed by atoms with Gasteiger partial charge in [-0.2, -0.15) is 0 Å². The Balaban J connectivity index is 2.23. The molecule has 0 saturated heterocycles. The van der Waals surface area contributed by atoms with E-state index in [4.69, 9.17) is 0 Å². The Labute approximate surface area is 99.4 Å². The van der Waals surface area contributed by atoms with Crippen LogP contribution in [0.2, 0.25) is 0 Å². The van der Waals surface area contributed by atoms with Crippen LogP contribution in [0.5, 0.6) is 0 Å². The van der Waals surface area contributed by atoms with Crippen molar-refractivity contribution in [2.24, 2.45) is 10.8 Å². The summed E-state index contributed by atoms with van der Waals surface area (Å²) in [6.07, 6.45) is 2.45. The third kappa shape index (κ3) is 4.12. The van der Waals surface area contributed by atoms with Crippen molar-refractivity contribution in [3.63, 3.8) is 0 Å². The van der Waals surface area contributed by atoms with Crippen LogP contribution in [0.15, 0.2) is 0 Å². The molecule has 0 bridgehead atoms. The van der Waals surface area contributed by atoms with Gasteiger partial charge >= 0.3 is 0 Å². The molecule has 0 aromatic carbocycles. The summed E-state index contributed by atoms with van der Waals surface area (Å²) < 4.78 is 0. The normalized spacial score (nSPS) is 17.3. The lowest BCUT2D eigenvalue weighted by Gasteiger charge is -2.39. The van der Waals surface area contributed by atoms with Gasteiger partial charge < -0.3 is 10.6 Å². The number of carbonyl (C=O) groups is 1. The predicted octanol–water partition coefficient (Wildman–Crippen LogP) is 1.93. The summed E-state index contributed by atoms with van der Waals surface area (Å²) in [5, 5.41) is 6.23. The molecule has 0 spiro atoms. The zero-order chi connectivity index (χ0) is 12.4.